The molecule has 2 aliphatic rings. The van der Waals surface area contributed by atoms with E-state index in [4.69, 9.17) is 0 Å². The minimum atomic E-state index is -0.699. The lowest BCUT2D eigenvalue weighted by atomic mass is 9.81. The van der Waals surface area contributed by atoms with Crippen molar-refractivity contribution in [3.63, 3.8) is 0 Å². The smallest absolute Gasteiger partial charge is 0.240 e. The number of benzene rings is 1. The molecule has 2 aliphatic heterocycles. The Kier molecular flexibility index (Phi) is 3.34. The van der Waals surface area contributed by atoms with Gasteiger partial charge in [0.15, 0.2) is 0 Å². The molecule has 0 radical (unpaired) electrons. The molecule has 0 aliphatic carbocycles. The summed E-state index contributed by atoms with van der Waals surface area (Å²) >= 11 is 0. The van der Waals surface area contributed by atoms with Gasteiger partial charge in [0.25, 0.3) is 0 Å². The van der Waals surface area contributed by atoms with Crippen LogP contribution in [-0.4, -0.2) is 35.8 Å². The van der Waals surface area contributed by atoms with Crippen LogP contribution in [0.15, 0.2) is 30.3 Å². The summed E-state index contributed by atoms with van der Waals surface area (Å²) in [4.78, 5) is 26.7. The Balaban J connectivity index is 1.90. The second-order valence-electron chi connectivity index (χ2n) is 5.94. The molecule has 106 valence electrons. The molecule has 0 spiro atoms. The molecule has 2 amide bonds. The number of piperidine rings is 1. The number of rotatable bonds is 2. The molecule has 2 atom stereocenters. The van der Waals surface area contributed by atoms with Gasteiger partial charge >= 0.3 is 0 Å². The fourth-order valence-electron chi connectivity index (χ4n) is 3.30. The average Bonchev–Trinajstić information content (AvgIpc) is 2.72. The van der Waals surface area contributed by atoms with Crippen LogP contribution in [0.2, 0.25) is 0 Å². The van der Waals surface area contributed by atoms with Gasteiger partial charge in [-0.15, -0.1) is 0 Å². The summed E-state index contributed by atoms with van der Waals surface area (Å²) in [5, 5.41) is 3.27. The van der Waals surface area contributed by atoms with E-state index in [0.29, 0.717) is 0 Å². The van der Waals surface area contributed by atoms with E-state index in [-0.39, 0.29) is 24.3 Å². The third-order valence-electron chi connectivity index (χ3n) is 4.51. The number of amides is 2. The highest BCUT2D eigenvalue weighted by Crippen LogP contribution is 2.37. The van der Waals surface area contributed by atoms with Gasteiger partial charge in [-0.2, -0.15) is 0 Å². The van der Waals surface area contributed by atoms with E-state index in [9.17, 15) is 9.59 Å². The summed E-state index contributed by atoms with van der Waals surface area (Å²) < 4.78 is 0. The van der Waals surface area contributed by atoms with E-state index in [0.717, 1.165) is 31.5 Å². The Morgan fingerprint density at radius 2 is 2.00 bits per heavy atom. The van der Waals surface area contributed by atoms with Gasteiger partial charge in [0.05, 0.1) is 11.5 Å². The fourth-order valence-corrected chi connectivity index (χ4v) is 3.30. The second kappa shape index (κ2) is 5.02. The quantitative estimate of drug-likeness (QED) is 0.829. The second-order valence-corrected chi connectivity index (χ2v) is 5.94. The normalized spacial score (nSPS) is 30.9. The number of carbonyl (C=O) groups excluding carboxylic acids is 2. The molecule has 0 aromatic heterocycles. The van der Waals surface area contributed by atoms with Gasteiger partial charge in [0.2, 0.25) is 11.8 Å². The van der Waals surface area contributed by atoms with E-state index in [1.54, 1.807) is 0 Å². The zero-order chi connectivity index (χ0) is 14.2. The third kappa shape index (κ3) is 2.04. The summed E-state index contributed by atoms with van der Waals surface area (Å²) in [5.41, 5.74) is 0.236. The maximum atomic E-state index is 12.8. The van der Waals surface area contributed by atoms with Crippen LogP contribution in [0, 0.1) is 0 Å². The van der Waals surface area contributed by atoms with Gasteiger partial charge < -0.3 is 5.32 Å². The van der Waals surface area contributed by atoms with Crippen molar-refractivity contribution in [2.24, 2.45) is 0 Å². The van der Waals surface area contributed by atoms with Crippen LogP contribution < -0.4 is 5.32 Å². The van der Waals surface area contributed by atoms with Crippen molar-refractivity contribution in [3.8, 4) is 0 Å². The average molecular weight is 272 g/mol. The minimum Gasteiger partial charge on any atom is -0.315 e. The SMILES string of the molecule is CC1(c2ccccc2)CC(=O)N(C2CCCNC2)C1=O. The van der Waals surface area contributed by atoms with Crippen molar-refractivity contribution >= 4 is 11.8 Å². The van der Waals surface area contributed by atoms with Crippen LogP contribution >= 0.6 is 0 Å². The molecule has 3 rings (SSSR count). The van der Waals surface area contributed by atoms with Gasteiger partial charge in [-0.1, -0.05) is 30.3 Å². The molecule has 4 heteroatoms. The Labute approximate surface area is 119 Å². The summed E-state index contributed by atoms with van der Waals surface area (Å²) in [6, 6.07) is 9.67. The highest BCUT2D eigenvalue weighted by Gasteiger charge is 2.51. The fraction of sp³-hybridized carbons (Fsp3) is 0.500. The van der Waals surface area contributed by atoms with Crippen molar-refractivity contribution in [1.82, 2.24) is 10.2 Å². The maximum Gasteiger partial charge on any atom is 0.240 e. The Hall–Kier alpha value is -1.68. The van der Waals surface area contributed by atoms with Gasteiger partial charge in [0.1, 0.15) is 0 Å². The van der Waals surface area contributed by atoms with Crippen LogP contribution in [0.25, 0.3) is 0 Å². The number of carbonyl (C=O) groups is 2. The molecular weight excluding hydrogens is 252 g/mol. The van der Waals surface area contributed by atoms with Crippen molar-refractivity contribution < 1.29 is 9.59 Å². The minimum absolute atomic E-state index is 0.0225. The van der Waals surface area contributed by atoms with Crippen molar-refractivity contribution in [2.45, 2.75) is 37.6 Å². The van der Waals surface area contributed by atoms with Gasteiger partial charge in [-0.05, 0) is 31.9 Å². The number of nitrogens with one attached hydrogen (secondary N) is 1. The molecular formula is C16H20N2O2. The first kappa shape index (κ1) is 13.3. The van der Waals surface area contributed by atoms with Crippen LogP contribution in [0.4, 0.5) is 0 Å². The highest BCUT2D eigenvalue weighted by molar-refractivity contribution is 6.09. The van der Waals surface area contributed by atoms with E-state index in [1.807, 2.05) is 37.3 Å². The van der Waals surface area contributed by atoms with Crippen LogP contribution in [0.1, 0.15) is 31.7 Å². The lowest BCUT2D eigenvalue weighted by molar-refractivity contribution is -0.142. The van der Waals surface area contributed by atoms with Gasteiger partial charge in [-0.25, -0.2) is 0 Å². The number of nitrogens with zero attached hydrogens (tertiary/aromatic N) is 1. The van der Waals surface area contributed by atoms with Crippen LogP contribution in [-0.2, 0) is 15.0 Å². The first-order valence-electron chi connectivity index (χ1n) is 7.26. The van der Waals surface area contributed by atoms with Gasteiger partial charge in [0, 0.05) is 13.0 Å². The molecule has 1 N–H and O–H groups in total. The summed E-state index contributed by atoms with van der Waals surface area (Å²) in [5.74, 6) is -0.0718. The number of imide groups is 1. The molecule has 2 unspecified atom stereocenters. The Morgan fingerprint density at radius 1 is 1.25 bits per heavy atom. The predicted octanol–water partition coefficient (Wildman–Crippen LogP) is 1.46. The highest BCUT2D eigenvalue weighted by atomic mass is 16.2. The number of hydrogen-bond acceptors (Lipinski definition) is 3. The van der Waals surface area contributed by atoms with Gasteiger partial charge in [-0.3, -0.25) is 14.5 Å². The molecule has 0 saturated carbocycles. The summed E-state index contributed by atoms with van der Waals surface area (Å²) in [6.07, 6.45) is 2.21. The van der Waals surface area contributed by atoms with E-state index in [1.165, 1.54) is 4.90 Å². The first-order valence-corrected chi connectivity index (χ1v) is 7.26. The Bertz CT molecular complexity index is 523. The molecule has 1 aromatic rings. The zero-order valence-electron chi connectivity index (χ0n) is 11.8. The largest absolute Gasteiger partial charge is 0.315 e. The molecule has 2 heterocycles. The zero-order valence-corrected chi connectivity index (χ0v) is 11.8. The number of hydrogen-bond donors (Lipinski definition) is 1. The topological polar surface area (TPSA) is 49.4 Å². The summed E-state index contributed by atoms with van der Waals surface area (Å²) in [7, 11) is 0. The van der Waals surface area contributed by atoms with E-state index < -0.39 is 5.41 Å². The van der Waals surface area contributed by atoms with Crippen molar-refractivity contribution in [1.29, 1.82) is 0 Å². The van der Waals surface area contributed by atoms with Crippen molar-refractivity contribution in [2.75, 3.05) is 13.1 Å². The molecule has 1 aromatic carbocycles. The third-order valence-corrected chi connectivity index (χ3v) is 4.51. The predicted molar refractivity (Wildman–Crippen MR) is 76.2 cm³/mol. The number of likely N-dealkylation sites (tertiary alicyclic amines) is 1. The monoisotopic (exact) mass is 272 g/mol. The van der Waals surface area contributed by atoms with Crippen LogP contribution in [0.3, 0.4) is 0 Å². The van der Waals surface area contributed by atoms with E-state index in [2.05, 4.69) is 5.32 Å². The van der Waals surface area contributed by atoms with Crippen molar-refractivity contribution in [3.05, 3.63) is 35.9 Å². The van der Waals surface area contributed by atoms with E-state index >= 15 is 0 Å². The molecule has 2 saturated heterocycles. The molecule has 2 fully saturated rings. The molecule has 20 heavy (non-hydrogen) atoms. The first-order chi connectivity index (χ1) is 9.63. The standard InChI is InChI=1S/C16H20N2O2/c1-16(12-6-3-2-4-7-12)10-14(19)18(15(16)20)13-8-5-9-17-11-13/h2-4,6-7,13,17H,5,8-11H2,1H3. The lowest BCUT2D eigenvalue weighted by Gasteiger charge is -2.31. The molecule has 4 nitrogen and oxygen atoms in total. The summed E-state index contributed by atoms with van der Waals surface area (Å²) in [6.45, 7) is 3.59. The van der Waals surface area contributed by atoms with Crippen LogP contribution in [0.5, 0.6) is 0 Å². The molecule has 0 bridgehead atoms. The lowest BCUT2D eigenvalue weighted by Crippen LogP contribution is -2.50. The Morgan fingerprint density at radius 3 is 2.65 bits per heavy atom. The maximum absolute atomic E-state index is 12.8.